The minimum atomic E-state index is -0.564. The summed E-state index contributed by atoms with van der Waals surface area (Å²) >= 11 is 11.9. The first-order chi connectivity index (χ1) is 12.8. The van der Waals surface area contributed by atoms with Gasteiger partial charge in [0.15, 0.2) is 0 Å². The second kappa shape index (κ2) is 8.03. The van der Waals surface area contributed by atoms with E-state index in [2.05, 4.69) is 34.9 Å². The summed E-state index contributed by atoms with van der Waals surface area (Å²) in [5.74, 6) is 0. The standard InChI is InChI=1S/C22H20Cl2N2O/c1-22(2,26-21(27)25-18-11-12-19(23)20(24)14-18)17-10-6-9-16(13-17)15-7-4-3-5-8-15/h3-14H,1-2H3,(H2,25,26,27). The third-order valence-corrected chi connectivity index (χ3v) is 5.03. The van der Waals surface area contributed by atoms with Crippen molar-refractivity contribution in [2.24, 2.45) is 0 Å². The lowest BCUT2D eigenvalue weighted by Crippen LogP contribution is -2.43. The highest BCUT2D eigenvalue weighted by Crippen LogP contribution is 2.27. The van der Waals surface area contributed by atoms with Crippen molar-refractivity contribution >= 4 is 34.9 Å². The number of hydrogen-bond donors (Lipinski definition) is 2. The number of anilines is 1. The first-order valence-corrected chi connectivity index (χ1v) is 9.31. The molecule has 3 aromatic carbocycles. The van der Waals surface area contributed by atoms with Gasteiger partial charge in [-0.05, 0) is 54.8 Å². The molecular formula is C22H20Cl2N2O. The number of carbonyl (C=O) groups is 1. The van der Waals surface area contributed by atoms with Crippen molar-refractivity contribution in [3.63, 3.8) is 0 Å². The van der Waals surface area contributed by atoms with Crippen molar-refractivity contribution in [2.75, 3.05) is 5.32 Å². The molecule has 5 heteroatoms. The first-order valence-electron chi connectivity index (χ1n) is 8.55. The summed E-state index contributed by atoms with van der Waals surface area (Å²) in [4.78, 5) is 12.5. The average molecular weight is 399 g/mol. The van der Waals surface area contributed by atoms with Crippen LogP contribution in [0.3, 0.4) is 0 Å². The predicted molar refractivity (Wildman–Crippen MR) is 114 cm³/mol. The number of amides is 2. The van der Waals surface area contributed by atoms with Crippen LogP contribution in [0.1, 0.15) is 19.4 Å². The maximum Gasteiger partial charge on any atom is 0.319 e. The Morgan fingerprint density at radius 3 is 2.22 bits per heavy atom. The molecule has 0 saturated heterocycles. The Hall–Kier alpha value is -2.49. The van der Waals surface area contributed by atoms with Crippen molar-refractivity contribution in [1.82, 2.24) is 5.32 Å². The molecule has 27 heavy (non-hydrogen) atoms. The molecule has 0 aromatic heterocycles. The van der Waals surface area contributed by atoms with E-state index in [0.29, 0.717) is 15.7 Å². The fourth-order valence-corrected chi connectivity index (χ4v) is 3.11. The van der Waals surface area contributed by atoms with Gasteiger partial charge >= 0.3 is 6.03 Å². The van der Waals surface area contributed by atoms with Gasteiger partial charge in [-0.2, -0.15) is 0 Å². The Morgan fingerprint density at radius 2 is 1.52 bits per heavy atom. The molecule has 2 N–H and O–H groups in total. The van der Waals surface area contributed by atoms with Crippen LogP contribution in [0.5, 0.6) is 0 Å². The maximum atomic E-state index is 12.5. The van der Waals surface area contributed by atoms with Gasteiger partial charge in [-0.15, -0.1) is 0 Å². The fraction of sp³-hybridized carbons (Fsp3) is 0.136. The average Bonchev–Trinajstić information content (AvgIpc) is 2.65. The first kappa shape index (κ1) is 19.3. The van der Waals surface area contributed by atoms with Gasteiger partial charge in [0.2, 0.25) is 0 Å². The highest BCUT2D eigenvalue weighted by molar-refractivity contribution is 6.42. The van der Waals surface area contributed by atoms with E-state index < -0.39 is 5.54 Å². The van der Waals surface area contributed by atoms with Crippen molar-refractivity contribution in [3.8, 4) is 11.1 Å². The summed E-state index contributed by atoms with van der Waals surface area (Å²) < 4.78 is 0. The summed E-state index contributed by atoms with van der Waals surface area (Å²) in [5, 5.41) is 6.63. The number of benzene rings is 3. The second-order valence-corrected chi connectivity index (χ2v) is 7.59. The van der Waals surface area contributed by atoms with Gasteiger partial charge < -0.3 is 10.6 Å². The molecule has 0 atom stereocenters. The predicted octanol–water partition coefficient (Wildman–Crippen LogP) is 6.72. The van der Waals surface area contributed by atoms with Gasteiger partial charge in [-0.3, -0.25) is 0 Å². The monoisotopic (exact) mass is 398 g/mol. The van der Waals surface area contributed by atoms with Crippen LogP contribution in [0.4, 0.5) is 10.5 Å². The Bertz CT molecular complexity index is 956. The Labute approximate surface area is 169 Å². The molecule has 3 aromatic rings. The van der Waals surface area contributed by atoms with Crippen molar-refractivity contribution in [1.29, 1.82) is 0 Å². The molecule has 138 valence electrons. The maximum absolute atomic E-state index is 12.5. The van der Waals surface area contributed by atoms with Crippen LogP contribution in [-0.4, -0.2) is 6.03 Å². The third kappa shape index (κ3) is 4.82. The topological polar surface area (TPSA) is 41.1 Å². The summed E-state index contributed by atoms with van der Waals surface area (Å²) in [7, 11) is 0. The fourth-order valence-electron chi connectivity index (χ4n) is 2.81. The zero-order chi connectivity index (χ0) is 19.4. The van der Waals surface area contributed by atoms with Gasteiger partial charge in [0.25, 0.3) is 0 Å². The largest absolute Gasteiger partial charge is 0.329 e. The van der Waals surface area contributed by atoms with Gasteiger partial charge in [-0.1, -0.05) is 71.7 Å². The lowest BCUT2D eigenvalue weighted by Gasteiger charge is -2.27. The van der Waals surface area contributed by atoms with E-state index in [1.165, 1.54) is 0 Å². The zero-order valence-corrected chi connectivity index (χ0v) is 16.6. The summed E-state index contributed by atoms with van der Waals surface area (Å²) in [5.41, 5.74) is 3.26. The number of carbonyl (C=O) groups excluding carboxylic acids is 1. The van der Waals surface area contributed by atoms with E-state index in [-0.39, 0.29) is 6.03 Å². The van der Waals surface area contributed by atoms with Crippen LogP contribution >= 0.6 is 23.2 Å². The van der Waals surface area contributed by atoms with E-state index in [9.17, 15) is 4.79 Å². The number of hydrogen-bond acceptors (Lipinski definition) is 1. The van der Waals surface area contributed by atoms with E-state index in [1.807, 2.05) is 44.2 Å². The molecule has 3 nitrogen and oxygen atoms in total. The number of urea groups is 1. The second-order valence-electron chi connectivity index (χ2n) is 6.78. The van der Waals surface area contributed by atoms with Crippen molar-refractivity contribution < 1.29 is 4.79 Å². The quantitative estimate of drug-likeness (QED) is 0.503. The number of rotatable bonds is 4. The molecule has 0 aliphatic carbocycles. The van der Waals surface area contributed by atoms with E-state index in [0.717, 1.165) is 16.7 Å². The summed E-state index contributed by atoms with van der Waals surface area (Å²) in [6.07, 6.45) is 0. The smallest absolute Gasteiger partial charge is 0.319 e. The molecular weight excluding hydrogens is 379 g/mol. The normalized spacial score (nSPS) is 11.1. The van der Waals surface area contributed by atoms with E-state index in [1.54, 1.807) is 18.2 Å². The van der Waals surface area contributed by atoms with Crippen LogP contribution in [0, 0.1) is 0 Å². The molecule has 0 aliphatic rings. The van der Waals surface area contributed by atoms with Crippen LogP contribution in [0.2, 0.25) is 10.0 Å². The lowest BCUT2D eigenvalue weighted by atomic mass is 9.91. The van der Waals surface area contributed by atoms with E-state index >= 15 is 0 Å². The Kier molecular flexibility index (Phi) is 5.73. The van der Waals surface area contributed by atoms with Crippen molar-refractivity contribution in [2.45, 2.75) is 19.4 Å². The van der Waals surface area contributed by atoms with Gasteiger partial charge in [0, 0.05) is 5.69 Å². The molecule has 0 spiro atoms. The van der Waals surface area contributed by atoms with E-state index in [4.69, 9.17) is 23.2 Å². The zero-order valence-electron chi connectivity index (χ0n) is 15.1. The van der Waals surface area contributed by atoms with Crippen LogP contribution in [0.15, 0.2) is 72.8 Å². The summed E-state index contributed by atoms with van der Waals surface area (Å²) in [6.45, 7) is 3.93. The molecule has 0 heterocycles. The molecule has 0 fully saturated rings. The molecule has 0 unspecified atom stereocenters. The highest BCUT2D eigenvalue weighted by Gasteiger charge is 2.23. The minimum absolute atomic E-state index is 0.316. The van der Waals surface area contributed by atoms with Crippen LogP contribution in [-0.2, 0) is 5.54 Å². The molecule has 3 rings (SSSR count). The van der Waals surface area contributed by atoms with Gasteiger partial charge in [-0.25, -0.2) is 4.79 Å². The number of nitrogens with one attached hydrogen (secondary N) is 2. The molecule has 0 saturated carbocycles. The molecule has 0 bridgehead atoms. The SMILES string of the molecule is CC(C)(NC(=O)Nc1ccc(Cl)c(Cl)c1)c1cccc(-c2ccccc2)c1. The third-order valence-electron chi connectivity index (χ3n) is 4.29. The molecule has 0 radical (unpaired) electrons. The molecule has 0 aliphatic heterocycles. The molecule has 2 amide bonds. The van der Waals surface area contributed by atoms with Crippen LogP contribution in [0.25, 0.3) is 11.1 Å². The Morgan fingerprint density at radius 1 is 0.815 bits per heavy atom. The van der Waals surface area contributed by atoms with Crippen LogP contribution < -0.4 is 10.6 Å². The van der Waals surface area contributed by atoms with Gasteiger partial charge in [0.1, 0.15) is 0 Å². The lowest BCUT2D eigenvalue weighted by molar-refractivity contribution is 0.242. The highest BCUT2D eigenvalue weighted by atomic mass is 35.5. The van der Waals surface area contributed by atoms with Crippen molar-refractivity contribution in [3.05, 3.63) is 88.4 Å². The minimum Gasteiger partial charge on any atom is -0.329 e. The Balaban J connectivity index is 1.76. The van der Waals surface area contributed by atoms with Gasteiger partial charge in [0.05, 0.1) is 15.6 Å². The number of halogens is 2. The summed E-state index contributed by atoms with van der Waals surface area (Å²) in [6, 6.07) is 23.0.